The second kappa shape index (κ2) is 8.76. The van der Waals surface area contributed by atoms with Crippen LogP contribution in [0.2, 0.25) is 5.02 Å². The molecule has 2 aromatic rings. The second-order valence-electron chi connectivity index (χ2n) is 4.70. The molecule has 0 saturated heterocycles. The van der Waals surface area contributed by atoms with Crippen LogP contribution in [-0.2, 0) is 10.5 Å². The number of carbonyl (C=O) groups is 1. The van der Waals surface area contributed by atoms with Gasteiger partial charge in [-0.3, -0.25) is 4.79 Å². The lowest BCUT2D eigenvalue weighted by atomic mass is 10.2. The highest BCUT2D eigenvalue weighted by Gasteiger charge is 2.06. The van der Waals surface area contributed by atoms with Gasteiger partial charge < -0.3 is 14.5 Å². The van der Waals surface area contributed by atoms with Gasteiger partial charge in [-0.15, -0.1) is 0 Å². The van der Waals surface area contributed by atoms with Crippen molar-refractivity contribution in [2.45, 2.75) is 12.7 Å². The minimum Gasteiger partial charge on any atom is -0.482 e. The molecular weight excluding hydrogens is 322 g/mol. The zero-order chi connectivity index (χ0) is 15.8. The molecule has 22 heavy (non-hydrogen) atoms. The van der Waals surface area contributed by atoms with Gasteiger partial charge in [0.2, 0.25) is 0 Å². The number of thioether (sulfide) groups is 1. The van der Waals surface area contributed by atoms with E-state index in [1.54, 1.807) is 24.1 Å². The number of furan rings is 1. The van der Waals surface area contributed by atoms with Gasteiger partial charge in [-0.1, -0.05) is 17.7 Å². The molecule has 0 unspecified atom stereocenters. The van der Waals surface area contributed by atoms with Crippen molar-refractivity contribution >= 4 is 29.3 Å². The van der Waals surface area contributed by atoms with Crippen LogP contribution in [0.25, 0.3) is 0 Å². The third kappa shape index (κ3) is 5.66. The maximum atomic E-state index is 11.7. The van der Waals surface area contributed by atoms with E-state index in [0.29, 0.717) is 17.3 Å². The summed E-state index contributed by atoms with van der Waals surface area (Å²) in [4.78, 5) is 11.7. The smallest absolute Gasteiger partial charge is 0.257 e. The molecule has 118 valence electrons. The van der Waals surface area contributed by atoms with Crippen molar-refractivity contribution in [3.05, 3.63) is 52.9 Å². The van der Waals surface area contributed by atoms with Gasteiger partial charge in [0, 0.05) is 12.3 Å². The Hall–Kier alpha value is -1.59. The van der Waals surface area contributed by atoms with Gasteiger partial charge >= 0.3 is 0 Å². The number of halogens is 1. The highest BCUT2D eigenvalue weighted by molar-refractivity contribution is 7.98. The lowest BCUT2D eigenvalue weighted by molar-refractivity contribution is -0.122. The number of hydrogen-bond acceptors (Lipinski definition) is 4. The molecule has 0 spiro atoms. The van der Waals surface area contributed by atoms with Crippen LogP contribution >= 0.6 is 23.4 Å². The zero-order valence-corrected chi connectivity index (χ0v) is 13.9. The van der Waals surface area contributed by atoms with Crippen molar-refractivity contribution in [2.24, 2.45) is 0 Å². The van der Waals surface area contributed by atoms with Crippen LogP contribution in [0.3, 0.4) is 0 Å². The Morgan fingerprint density at radius 1 is 1.41 bits per heavy atom. The molecule has 0 bridgehead atoms. The number of carbonyl (C=O) groups excluding carboxylic acids is 1. The van der Waals surface area contributed by atoms with Crippen molar-refractivity contribution in [3.63, 3.8) is 0 Å². The highest BCUT2D eigenvalue weighted by Crippen LogP contribution is 2.24. The average Bonchev–Trinajstić information content (AvgIpc) is 3.01. The first kappa shape index (κ1) is 16.8. The minimum absolute atomic E-state index is 0.0357. The quantitative estimate of drug-likeness (QED) is 0.745. The second-order valence-corrected chi connectivity index (χ2v) is 6.22. The summed E-state index contributed by atoms with van der Waals surface area (Å²) in [6, 6.07) is 9.27. The van der Waals surface area contributed by atoms with E-state index in [2.05, 4.69) is 5.32 Å². The van der Waals surface area contributed by atoms with Crippen molar-refractivity contribution in [3.8, 4) is 5.75 Å². The molecule has 2 rings (SSSR count). The predicted octanol–water partition coefficient (Wildman–Crippen LogP) is 3.67. The Labute approximate surface area is 139 Å². The molecule has 4 nitrogen and oxygen atoms in total. The molecule has 0 saturated carbocycles. The molecular formula is C16H18ClNO3S. The van der Waals surface area contributed by atoms with Gasteiger partial charge in [-0.05, 0) is 36.8 Å². The number of amides is 1. The van der Waals surface area contributed by atoms with Gasteiger partial charge in [0.15, 0.2) is 6.61 Å². The zero-order valence-electron chi connectivity index (χ0n) is 12.3. The molecule has 6 heteroatoms. The molecule has 0 aliphatic heterocycles. The summed E-state index contributed by atoms with van der Waals surface area (Å²) in [5, 5.41) is 3.32. The third-order valence-corrected chi connectivity index (χ3v) is 4.13. The predicted molar refractivity (Wildman–Crippen MR) is 89.6 cm³/mol. The van der Waals surface area contributed by atoms with Crippen LogP contribution in [-0.4, -0.2) is 24.8 Å². The summed E-state index contributed by atoms with van der Waals surface area (Å²) in [5.41, 5.74) is 1.04. The van der Waals surface area contributed by atoms with Crippen LogP contribution in [0.1, 0.15) is 11.3 Å². The number of nitrogens with one attached hydrogen (secondary N) is 1. The average molecular weight is 340 g/mol. The van der Waals surface area contributed by atoms with Gasteiger partial charge in [0.25, 0.3) is 5.91 Å². The lowest BCUT2D eigenvalue weighted by Crippen LogP contribution is -2.30. The number of hydrogen-bond donors (Lipinski definition) is 1. The number of benzene rings is 1. The van der Waals surface area contributed by atoms with Crippen LogP contribution < -0.4 is 10.1 Å². The first-order chi connectivity index (χ1) is 10.6. The number of ether oxygens (including phenoxy) is 1. The first-order valence-corrected chi connectivity index (χ1v) is 8.44. The largest absolute Gasteiger partial charge is 0.482 e. The topological polar surface area (TPSA) is 51.5 Å². The van der Waals surface area contributed by atoms with E-state index in [1.165, 1.54) is 0 Å². The summed E-state index contributed by atoms with van der Waals surface area (Å²) in [7, 11) is 0. The van der Waals surface area contributed by atoms with Crippen molar-refractivity contribution in [2.75, 3.05) is 18.9 Å². The van der Waals surface area contributed by atoms with Crippen LogP contribution in [0.4, 0.5) is 0 Å². The molecule has 0 fully saturated rings. The Bertz CT molecular complexity index is 601. The molecule has 0 radical (unpaired) electrons. The van der Waals surface area contributed by atoms with Gasteiger partial charge in [-0.2, -0.15) is 11.8 Å². The molecule has 1 aromatic heterocycles. The molecule has 0 atom stereocenters. The number of aryl methyl sites for hydroxylation is 1. The Kier molecular flexibility index (Phi) is 6.68. The van der Waals surface area contributed by atoms with Crippen LogP contribution in [0.15, 0.2) is 41.0 Å². The van der Waals surface area contributed by atoms with E-state index in [4.69, 9.17) is 20.8 Å². The fourth-order valence-electron chi connectivity index (χ4n) is 1.75. The van der Waals surface area contributed by atoms with Crippen molar-refractivity contribution in [1.82, 2.24) is 5.32 Å². The van der Waals surface area contributed by atoms with E-state index < -0.39 is 0 Å². The summed E-state index contributed by atoms with van der Waals surface area (Å²) in [5.74, 6) is 2.93. The monoisotopic (exact) mass is 339 g/mol. The fourth-order valence-corrected chi connectivity index (χ4v) is 2.67. The van der Waals surface area contributed by atoms with Gasteiger partial charge in [-0.25, -0.2) is 0 Å². The molecule has 1 heterocycles. The third-order valence-electron chi connectivity index (χ3n) is 2.84. The summed E-state index contributed by atoms with van der Waals surface area (Å²) in [6.07, 6.45) is 1.66. The molecule has 1 amide bonds. The SMILES string of the molecule is Cc1ccc(Cl)c(OCC(=O)NCCSCc2ccco2)c1. The maximum absolute atomic E-state index is 11.7. The summed E-state index contributed by atoms with van der Waals surface area (Å²) in [6.45, 7) is 2.50. The van der Waals surface area contributed by atoms with Gasteiger partial charge in [0.1, 0.15) is 11.5 Å². The van der Waals surface area contributed by atoms with Crippen molar-refractivity contribution < 1.29 is 13.9 Å². The van der Waals surface area contributed by atoms with E-state index in [1.807, 2.05) is 31.2 Å². The van der Waals surface area contributed by atoms with E-state index in [0.717, 1.165) is 22.8 Å². The van der Waals surface area contributed by atoms with Crippen molar-refractivity contribution in [1.29, 1.82) is 0 Å². The molecule has 1 N–H and O–H groups in total. The molecule has 0 aliphatic rings. The van der Waals surface area contributed by atoms with E-state index >= 15 is 0 Å². The van der Waals surface area contributed by atoms with Crippen LogP contribution in [0, 0.1) is 6.92 Å². The van der Waals surface area contributed by atoms with E-state index in [-0.39, 0.29) is 12.5 Å². The standard InChI is InChI=1S/C16H18ClNO3S/c1-12-4-5-14(17)15(9-12)21-10-16(19)18-6-8-22-11-13-3-2-7-20-13/h2-5,7,9H,6,8,10-11H2,1H3,(H,18,19). The Balaban J connectivity index is 1.60. The summed E-state index contributed by atoms with van der Waals surface area (Å²) >= 11 is 7.71. The van der Waals surface area contributed by atoms with Gasteiger partial charge in [0.05, 0.1) is 17.0 Å². The van der Waals surface area contributed by atoms with Crippen LogP contribution in [0.5, 0.6) is 5.75 Å². The normalized spacial score (nSPS) is 10.5. The lowest BCUT2D eigenvalue weighted by Gasteiger charge is -2.09. The Morgan fingerprint density at radius 2 is 2.27 bits per heavy atom. The fraction of sp³-hybridized carbons (Fsp3) is 0.312. The summed E-state index contributed by atoms with van der Waals surface area (Å²) < 4.78 is 10.7. The highest BCUT2D eigenvalue weighted by atomic mass is 35.5. The molecule has 1 aromatic carbocycles. The minimum atomic E-state index is -0.156. The van der Waals surface area contributed by atoms with E-state index in [9.17, 15) is 4.79 Å². The Morgan fingerprint density at radius 3 is 3.05 bits per heavy atom. The number of rotatable bonds is 8. The first-order valence-electron chi connectivity index (χ1n) is 6.91. The molecule has 0 aliphatic carbocycles. The maximum Gasteiger partial charge on any atom is 0.257 e.